The maximum absolute atomic E-state index is 12.3. The van der Waals surface area contributed by atoms with E-state index in [1.54, 1.807) is 12.1 Å². The van der Waals surface area contributed by atoms with Crippen LogP contribution in [0.4, 0.5) is 0 Å². The summed E-state index contributed by atoms with van der Waals surface area (Å²) in [4.78, 5) is 30.9. The minimum absolute atomic E-state index is 0.0496. The molecule has 0 saturated heterocycles. The Morgan fingerprint density at radius 3 is 2.50 bits per heavy atom. The Balaban J connectivity index is 2.05. The van der Waals surface area contributed by atoms with Gasteiger partial charge in [-0.1, -0.05) is 55.5 Å². The lowest BCUT2D eigenvalue weighted by Crippen LogP contribution is -2.31. The van der Waals surface area contributed by atoms with Crippen LogP contribution in [-0.4, -0.2) is 20.9 Å². The van der Waals surface area contributed by atoms with Gasteiger partial charge in [0.15, 0.2) is 0 Å². The van der Waals surface area contributed by atoms with Crippen molar-refractivity contribution in [3.05, 3.63) is 92.1 Å². The minimum Gasteiger partial charge on any atom is -0.493 e. The summed E-state index contributed by atoms with van der Waals surface area (Å²) in [7, 11) is 0. The van der Waals surface area contributed by atoms with Gasteiger partial charge in [0.05, 0.1) is 12.2 Å². The maximum atomic E-state index is 12.3. The first kappa shape index (κ1) is 17.4. The highest BCUT2D eigenvalue weighted by Crippen LogP contribution is 2.19. The molecule has 0 saturated carbocycles. The Morgan fingerprint density at radius 2 is 1.77 bits per heavy atom. The Morgan fingerprint density at radius 1 is 1.08 bits per heavy atom. The van der Waals surface area contributed by atoms with Crippen molar-refractivity contribution in [1.82, 2.24) is 9.55 Å². The molecule has 6 nitrogen and oxygen atoms in total. The molecule has 0 aliphatic heterocycles. The fourth-order valence-electron chi connectivity index (χ4n) is 2.73. The van der Waals surface area contributed by atoms with E-state index in [2.05, 4.69) is 9.98 Å². The van der Waals surface area contributed by atoms with E-state index in [1.165, 1.54) is 6.21 Å². The molecule has 2 aromatic carbocycles. The van der Waals surface area contributed by atoms with Crippen LogP contribution in [0.5, 0.6) is 5.88 Å². The van der Waals surface area contributed by atoms with Gasteiger partial charge in [-0.2, -0.15) is 0 Å². The van der Waals surface area contributed by atoms with Crippen molar-refractivity contribution < 1.29 is 5.11 Å². The third kappa shape index (κ3) is 3.49. The number of hydrogen-bond acceptors (Lipinski definition) is 4. The van der Waals surface area contributed by atoms with Crippen molar-refractivity contribution in [3.63, 3.8) is 0 Å². The molecule has 0 fully saturated rings. The van der Waals surface area contributed by atoms with Crippen LogP contribution < -0.4 is 11.2 Å². The SMILES string of the molecule is CCc1ccccc1-n1c(O)c(C=NCc2ccccc2)c(=O)[nH]c1=O. The molecule has 1 aromatic heterocycles. The third-order valence-electron chi connectivity index (χ3n) is 4.07. The molecule has 0 atom stereocenters. The summed E-state index contributed by atoms with van der Waals surface area (Å²) in [5, 5.41) is 10.6. The maximum Gasteiger partial charge on any atom is 0.335 e. The zero-order chi connectivity index (χ0) is 18.5. The molecule has 26 heavy (non-hydrogen) atoms. The molecule has 0 spiro atoms. The van der Waals surface area contributed by atoms with Crippen molar-refractivity contribution in [1.29, 1.82) is 0 Å². The highest BCUT2D eigenvalue weighted by molar-refractivity contribution is 5.82. The number of benzene rings is 2. The summed E-state index contributed by atoms with van der Waals surface area (Å²) in [6.45, 7) is 2.32. The second kappa shape index (κ2) is 7.65. The summed E-state index contributed by atoms with van der Waals surface area (Å²) in [5.74, 6) is -0.420. The molecule has 0 unspecified atom stereocenters. The van der Waals surface area contributed by atoms with Gasteiger partial charge in [0.2, 0.25) is 5.88 Å². The molecule has 2 N–H and O–H groups in total. The van der Waals surface area contributed by atoms with E-state index < -0.39 is 17.1 Å². The number of rotatable bonds is 5. The third-order valence-corrected chi connectivity index (χ3v) is 4.07. The van der Waals surface area contributed by atoms with E-state index in [4.69, 9.17) is 0 Å². The van der Waals surface area contributed by atoms with Gasteiger partial charge in [0.25, 0.3) is 5.56 Å². The van der Waals surface area contributed by atoms with Gasteiger partial charge >= 0.3 is 5.69 Å². The van der Waals surface area contributed by atoms with E-state index in [0.29, 0.717) is 18.7 Å². The minimum atomic E-state index is -0.686. The molecule has 0 amide bonds. The number of nitrogens with zero attached hydrogens (tertiary/aromatic N) is 2. The van der Waals surface area contributed by atoms with E-state index in [9.17, 15) is 14.7 Å². The van der Waals surface area contributed by atoms with E-state index >= 15 is 0 Å². The van der Waals surface area contributed by atoms with Crippen LogP contribution in [0.25, 0.3) is 5.69 Å². The van der Waals surface area contributed by atoms with Crippen LogP contribution in [0.15, 0.2) is 69.2 Å². The molecule has 0 radical (unpaired) electrons. The molecule has 0 bridgehead atoms. The lowest BCUT2D eigenvalue weighted by atomic mass is 10.1. The first-order valence-corrected chi connectivity index (χ1v) is 8.32. The highest BCUT2D eigenvalue weighted by Gasteiger charge is 2.15. The average Bonchev–Trinajstić information content (AvgIpc) is 2.65. The predicted octanol–water partition coefficient (Wildman–Crippen LogP) is 2.41. The number of aromatic nitrogens is 2. The Kier molecular flexibility index (Phi) is 5.12. The molecular weight excluding hydrogens is 330 g/mol. The van der Waals surface area contributed by atoms with E-state index in [1.807, 2.05) is 49.4 Å². The molecule has 3 rings (SSSR count). The van der Waals surface area contributed by atoms with Gasteiger partial charge in [0, 0.05) is 6.21 Å². The van der Waals surface area contributed by atoms with Crippen molar-refractivity contribution in [2.45, 2.75) is 19.9 Å². The first-order chi connectivity index (χ1) is 12.6. The quantitative estimate of drug-likeness (QED) is 0.694. The molecule has 3 aromatic rings. The average molecular weight is 349 g/mol. The number of nitrogens with one attached hydrogen (secondary N) is 1. The fourth-order valence-corrected chi connectivity index (χ4v) is 2.73. The number of H-pyrrole nitrogens is 1. The second-order valence-electron chi connectivity index (χ2n) is 5.77. The summed E-state index contributed by atoms with van der Waals surface area (Å²) in [5.41, 5.74) is 0.981. The molecule has 1 heterocycles. The summed E-state index contributed by atoms with van der Waals surface area (Å²) >= 11 is 0. The summed E-state index contributed by atoms with van der Waals surface area (Å²) < 4.78 is 1.10. The zero-order valence-corrected chi connectivity index (χ0v) is 14.3. The molecule has 6 heteroatoms. The van der Waals surface area contributed by atoms with Gasteiger partial charge in [-0.15, -0.1) is 0 Å². The highest BCUT2D eigenvalue weighted by atomic mass is 16.3. The molecule has 0 aliphatic carbocycles. The van der Waals surface area contributed by atoms with Crippen LogP contribution in [-0.2, 0) is 13.0 Å². The van der Waals surface area contributed by atoms with Crippen molar-refractivity contribution in [3.8, 4) is 11.6 Å². The summed E-state index contributed by atoms with van der Waals surface area (Å²) in [6, 6.07) is 16.8. The van der Waals surface area contributed by atoms with Gasteiger partial charge < -0.3 is 5.11 Å². The van der Waals surface area contributed by atoms with Gasteiger partial charge in [0.1, 0.15) is 5.56 Å². The van der Waals surface area contributed by atoms with Crippen molar-refractivity contribution in [2.24, 2.45) is 4.99 Å². The lowest BCUT2D eigenvalue weighted by Gasteiger charge is -2.13. The number of hydrogen-bond donors (Lipinski definition) is 2. The van der Waals surface area contributed by atoms with Crippen molar-refractivity contribution in [2.75, 3.05) is 0 Å². The topological polar surface area (TPSA) is 87.4 Å². The normalized spacial score (nSPS) is 11.1. The van der Waals surface area contributed by atoms with Crippen LogP contribution >= 0.6 is 0 Å². The second-order valence-corrected chi connectivity index (χ2v) is 5.77. The number of aromatic hydroxyl groups is 1. The number of aromatic amines is 1. The van der Waals surface area contributed by atoms with E-state index in [-0.39, 0.29) is 5.56 Å². The Bertz CT molecular complexity index is 1050. The first-order valence-electron chi connectivity index (χ1n) is 8.32. The predicted molar refractivity (Wildman–Crippen MR) is 101 cm³/mol. The van der Waals surface area contributed by atoms with Gasteiger partial charge in [-0.3, -0.25) is 14.8 Å². The van der Waals surface area contributed by atoms with Gasteiger partial charge in [-0.05, 0) is 23.6 Å². The van der Waals surface area contributed by atoms with E-state index in [0.717, 1.165) is 15.7 Å². The van der Waals surface area contributed by atoms with Crippen LogP contribution in [0.1, 0.15) is 23.6 Å². The number of aliphatic imine (C=N–C) groups is 1. The van der Waals surface area contributed by atoms with Crippen LogP contribution in [0, 0.1) is 0 Å². The smallest absolute Gasteiger partial charge is 0.335 e. The molecular formula is C20H19N3O3. The number of aryl methyl sites for hydroxylation is 1. The summed E-state index contributed by atoms with van der Waals surface area (Å²) in [6.07, 6.45) is 1.98. The largest absolute Gasteiger partial charge is 0.493 e. The standard InChI is InChI=1S/C20H19N3O3/c1-2-15-10-6-7-11-17(15)23-19(25)16(18(24)22-20(23)26)13-21-12-14-8-4-3-5-9-14/h3-11,13,25H,2,12H2,1H3,(H,22,24,26). The monoisotopic (exact) mass is 349 g/mol. The van der Waals surface area contributed by atoms with Gasteiger partial charge in [-0.25, -0.2) is 9.36 Å². The Labute approximate surface area is 150 Å². The molecule has 132 valence electrons. The van der Waals surface area contributed by atoms with Crippen LogP contribution in [0.2, 0.25) is 0 Å². The molecule has 0 aliphatic rings. The zero-order valence-electron chi connectivity index (χ0n) is 14.3. The Hall–Kier alpha value is -3.41. The number of para-hydroxylation sites is 1. The lowest BCUT2D eigenvalue weighted by molar-refractivity contribution is 0.429. The van der Waals surface area contributed by atoms with Crippen LogP contribution in [0.3, 0.4) is 0 Å². The van der Waals surface area contributed by atoms with Crippen molar-refractivity contribution >= 4 is 6.21 Å². The fraction of sp³-hybridized carbons (Fsp3) is 0.150.